The zero-order valence-electron chi connectivity index (χ0n) is 15.7. The maximum Gasteiger partial charge on any atom is 0.234 e. The number of aromatic nitrogens is 3. The largest absolute Gasteiger partial charge is 0.486 e. The van der Waals surface area contributed by atoms with Crippen LogP contribution in [0, 0.1) is 5.82 Å². The summed E-state index contributed by atoms with van der Waals surface area (Å²) in [6.45, 7) is 1.03. The first-order chi connectivity index (χ1) is 14.6. The first kappa shape index (κ1) is 19.8. The second-order valence-electron chi connectivity index (χ2n) is 6.21. The van der Waals surface area contributed by atoms with Crippen molar-refractivity contribution in [1.29, 1.82) is 0 Å². The van der Waals surface area contributed by atoms with Crippen LogP contribution in [-0.4, -0.2) is 39.7 Å². The Balaban J connectivity index is 1.29. The van der Waals surface area contributed by atoms with Gasteiger partial charge in [0.1, 0.15) is 31.4 Å². The lowest BCUT2D eigenvalue weighted by molar-refractivity contribution is -0.113. The highest BCUT2D eigenvalue weighted by Crippen LogP contribution is 2.32. The van der Waals surface area contributed by atoms with Crippen LogP contribution in [0.3, 0.4) is 0 Å². The highest BCUT2D eigenvalue weighted by atomic mass is 32.2. The third kappa shape index (κ3) is 4.74. The van der Waals surface area contributed by atoms with E-state index in [1.807, 2.05) is 0 Å². The summed E-state index contributed by atoms with van der Waals surface area (Å²) < 4.78 is 30.7. The molecule has 1 aliphatic rings. The van der Waals surface area contributed by atoms with Crippen molar-refractivity contribution in [2.24, 2.45) is 0 Å². The number of ether oxygens (including phenoxy) is 3. The lowest BCUT2D eigenvalue weighted by Gasteiger charge is -2.18. The van der Waals surface area contributed by atoms with E-state index in [0.717, 1.165) is 11.8 Å². The number of nitrogens with zero attached hydrogens (tertiary/aromatic N) is 3. The van der Waals surface area contributed by atoms with E-state index in [1.54, 1.807) is 18.2 Å². The van der Waals surface area contributed by atoms with E-state index in [9.17, 15) is 9.18 Å². The quantitative estimate of drug-likeness (QED) is 0.432. The Kier molecular flexibility index (Phi) is 5.89. The number of nitrogens with one attached hydrogen (secondary N) is 1. The van der Waals surface area contributed by atoms with Crippen LogP contribution < -0.4 is 25.4 Å². The van der Waals surface area contributed by atoms with Crippen molar-refractivity contribution in [3.63, 3.8) is 0 Å². The van der Waals surface area contributed by atoms with Gasteiger partial charge in [-0.3, -0.25) is 4.79 Å². The summed E-state index contributed by atoms with van der Waals surface area (Å²) in [5, 5.41) is 11.1. The Labute approximate surface area is 175 Å². The van der Waals surface area contributed by atoms with Gasteiger partial charge in [-0.2, -0.15) is 0 Å². The van der Waals surface area contributed by atoms with E-state index in [4.69, 9.17) is 20.1 Å². The van der Waals surface area contributed by atoms with Crippen molar-refractivity contribution in [2.45, 2.75) is 11.8 Å². The van der Waals surface area contributed by atoms with Gasteiger partial charge in [-0.15, -0.1) is 10.2 Å². The van der Waals surface area contributed by atoms with Gasteiger partial charge in [-0.05, 0) is 36.4 Å². The van der Waals surface area contributed by atoms with Gasteiger partial charge in [0.2, 0.25) is 11.1 Å². The van der Waals surface area contributed by atoms with Gasteiger partial charge in [0.25, 0.3) is 0 Å². The van der Waals surface area contributed by atoms with Crippen molar-refractivity contribution < 1.29 is 23.4 Å². The number of carbonyl (C=O) groups is 1. The van der Waals surface area contributed by atoms with Crippen LogP contribution in [0.25, 0.3) is 0 Å². The normalized spacial score (nSPS) is 12.4. The molecule has 1 amide bonds. The third-order valence-electron chi connectivity index (χ3n) is 4.08. The number of rotatable bonds is 7. The highest BCUT2D eigenvalue weighted by Gasteiger charge is 2.15. The Hall–Kier alpha value is -3.47. The molecule has 0 saturated carbocycles. The molecular weight excluding hydrogens is 413 g/mol. The maximum absolute atomic E-state index is 12.9. The van der Waals surface area contributed by atoms with Crippen molar-refractivity contribution in [3.05, 3.63) is 54.1 Å². The van der Waals surface area contributed by atoms with Crippen LogP contribution in [0.15, 0.2) is 47.6 Å². The molecule has 0 bridgehead atoms. The number of fused-ring (bicyclic) bond motifs is 1. The molecule has 1 aromatic heterocycles. The molecule has 2 heterocycles. The number of hydrogen-bond acceptors (Lipinski definition) is 8. The number of carbonyl (C=O) groups excluding carboxylic acids is 1. The van der Waals surface area contributed by atoms with Crippen LogP contribution >= 0.6 is 11.8 Å². The zero-order valence-corrected chi connectivity index (χ0v) is 16.5. The van der Waals surface area contributed by atoms with Crippen LogP contribution in [0.1, 0.15) is 5.82 Å². The summed E-state index contributed by atoms with van der Waals surface area (Å²) in [4.78, 5) is 12.3. The number of anilines is 1. The number of nitrogen functional groups attached to an aromatic ring is 1. The highest BCUT2D eigenvalue weighted by molar-refractivity contribution is 7.99. The molecule has 4 rings (SSSR count). The van der Waals surface area contributed by atoms with Gasteiger partial charge < -0.3 is 25.4 Å². The number of halogens is 1. The molecule has 3 N–H and O–H groups in total. The van der Waals surface area contributed by atoms with Crippen LogP contribution in [0.4, 0.5) is 10.1 Å². The van der Waals surface area contributed by atoms with Crippen molar-refractivity contribution in [2.75, 3.05) is 30.1 Å². The summed E-state index contributed by atoms with van der Waals surface area (Å²) in [6, 6.07) is 10.8. The molecule has 30 heavy (non-hydrogen) atoms. The molecule has 9 nitrogen and oxygen atoms in total. The molecule has 0 radical (unpaired) electrons. The van der Waals surface area contributed by atoms with E-state index < -0.39 is 0 Å². The van der Waals surface area contributed by atoms with Crippen LogP contribution in [-0.2, 0) is 11.4 Å². The summed E-state index contributed by atoms with van der Waals surface area (Å²) in [5.74, 6) is 7.58. The molecular formula is C19H18FN5O4S. The van der Waals surface area contributed by atoms with E-state index in [1.165, 1.54) is 28.9 Å². The van der Waals surface area contributed by atoms with E-state index in [0.29, 0.717) is 47.1 Å². The topological polar surface area (TPSA) is 114 Å². The van der Waals surface area contributed by atoms with Gasteiger partial charge in [-0.25, -0.2) is 9.07 Å². The fourth-order valence-electron chi connectivity index (χ4n) is 2.63. The first-order valence-electron chi connectivity index (χ1n) is 8.98. The van der Waals surface area contributed by atoms with Gasteiger partial charge in [0.15, 0.2) is 17.3 Å². The van der Waals surface area contributed by atoms with Crippen LogP contribution in [0.5, 0.6) is 17.2 Å². The third-order valence-corrected chi connectivity index (χ3v) is 5.02. The van der Waals surface area contributed by atoms with Crippen molar-refractivity contribution >= 4 is 23.4 Å². The molecule has 11 heteroatoms. The Morgan fingerprint density at radius 1 is 1.17 bits per heavy atom. The molecule has 0 spiro atoms. The summed E-state index contributed by atoms with van der Waals surface area (Å²) in [5.41, 5.74) is 0.604. The lowest BCUT2D eigenvalue weighted by atomic mass is 10.2. The predicted molar refractivity (Wildman–Crippen MR) is 108 cm³/mol. The zero-order chi connectivity index (χ0) is 20.9. The van der Waals surface area contributed by atoms with E-state index >= 15 is 0 Å². The van der Waals surface area contributed by atoms with Crippen molar-refractivity contribution in [1.82, 2.24) is 14.9 Å². The summed E-state index contributed by atoms with van der Waals surface area (Å²) in [6.07, 6.45) is 0. The maximum atomic E-state index is 12.9. The molecule has 1 aliphatic heterocycles. The molecule has 0 atom stereocenters. The smallest absolute Gasteiger partial charge is 0.234 e. The molecule has 0 aliphatic carbocycles. The van der Waals surface area contributed by atoms with E-state index in [-0.39, 0.29) is 24.1 Å². The fraction of sp³-hybridized carbons (Fsp3) is 0.211. The van der Waals surface area contributed by atoms with E-state index in [2.05, 4.69) is 15.5 Å². The molecule has 2 aromatic carbocycles. The molecule has 0 saturated heterocycles. The fourth-order valence-corrected chi connectivity index (χ4v) is 3.31. The summed E-state index contributed by atoms with van der Waals surface area (Å²) >= 11 is 1.14. The average Bonchev–Trinajstić information content (AvgIpc) is 3.11. The molecule has 156 valence electrons. The number of amides is 1. The standard InChI is InChI=1S/C19H18FN5O4S/c20-12-1-4-14(5-2-12)29-10-17-23-24-19(25(17)21)30-11-18(26)22-13-3-6-15-16(9-13)28-8-7-27-15/h1-6,9H,7-8,10-11,21H2,(H,22,26). The number of thioether (sulfide) groups is 1. The number of benzene rings is 2. The second-order valence-corrected chi connectivity index (χ2v) is 7.15. The van der Waals surface area contributed by atoms with Gasteiger partial charge in [-0.1, -0.05) is 11.8 Å². The lowest BCUT2D eigenvalue weighted by Crippen LogP contribution is -2.18. The second kappa shape index (κ2) is 8.91. The summed E-state index contributed by atoms with van der Waals surface area (Å²) in [7, 11) is 0. The first-order valence-corrected chi connectivity index (χ1v) is 9.97. The average molecular weight is 431 g/mol. The minimum absolute atomic E-state index is 0.0546. The molecule has 0 unspecified atom stereocenters. The number of nitrogens with two attached hydrogens (primary N) is 1. The predicted octanol–water partition coefficient (Wildman–Crippen LogP) is 2.21. The molecule has 0 fully saturated rings. The monoisotopic (exact) mass is 431 g/mol. The van der Waals surface area contributed by atoms with Crippen LogP contribution in [0.2, 0.25) is 0 Å². The van der Waals surface area contributed by atoms with Gasteiger partial charge in [0.05, 0.1) is 5.75 Å². The molecule has 3 aromatic rings. The van der Waals surface area contributed by atoms with Gasteiger partial charge >= 0.3 is 0 Å². The SMILES string of the molecule is Nn1c(COc2ccc(F)cc2)nnc1SCC(=O)Nc1ccc2c(c1)OCCO2. The minimum Gasteiger partial charge on any atom is -0.486 e. The minimum atomic E-state index is -0.349. The van der Waals surface area contributed by atoms with Crippen molar-refractivity contribution in [3.8, 4) is 17.2 Å². The number of hydrogen-bond donors (Lipinski definition) is 2. The Morgan fingerprint density at radius 3 is 2.73 bits per heavy atom. The Morgan fingerprint density at radius 2 is 1.93 bits per heavy atom. The Bertz CT molecular complexity index is 1040. The van der Waals surface area contributed by atoms with Gasteiger partial charge in [0, 0.05) is 11.8 Å².